The molecule has 0 aliphatic rings. The molecule has 1 N–H and O–H groups in total. The number of rotatable bonds is 8. The molecule has 0 saturated heterocycles. The number of hydrogen-bond donors (Lipinski definition) is 1. The molecule has 0 unspecified atom stereocenters. The molecule has 0 radical (unpaired) electrons. The standard InChI is InChI=1S/C22H19ClN2O5/c1-2-28-22(27)16-5-3-15(4-6-16)20-12-11-19(30-20)13-24-25-21(26)14-29-18-9-7-17(23)8-10-18/h3-13H,2,14H2,1H3,(H,25,26)/b24-13+. The first-order chi connectivity index (χ1) is 14.5. The highest BCUT2D eigenvalue weighted by molar-refractivity contribution is 6.30. The van der Waals surface area contributed by atoms with E-state index in [1.807, 2.05) is 0 Å². The van der Waals surface area contributed by atoms with Crippen molar-refractivity contribution in [3.8, 4) is 17.1 Å². The van der Waals surface area contributed by atoms with Crippen molar-refractivity contribution >= 4 is 29.7 Å². The van der Waals surface area contributed by atoms with Crippen molar-refractivity contribution in [1.29, 1.82) is 0 Å². The number of furan rings is 1. The van der Waals surface area contributed by atoms with Crippen LogP contribution >= 0.6 is 11.6 Å². The summed E-state index contributed by atoms with van der Waals surface area (Å²) in [6, 6.07) is 17.0. The van der Waals surface area contributed by atoms with E-state index in [0.717, 1.165) is 5.56 Å². The minimum Gasteiger partial charge on any atom is -0.484 e. The van der Waals surface area contributed by atoms with E-state index < -0.39 is 5.91 Å². The molecule has 0 saturated carbocycles. The first-order valence-electron chi connectivity index (χ1n) is 9.13. The molecular weight excluding hydrogens is 408 g/mol. The smallest absolute Gasteiger partial charge is 0.338 e. The fourth-order valence-electron chi connectivity index (χ4n) is 2.44. The van der Waals surface area contributed by atoms with Gasteiger partial charge in [0.2, 0.25) is 0 Å². The molecule has 3 rings (SSSR count). The van der Waals surface area contributed by atoms with Crippen LogP contribution in [0.5, 0.6) is 5.75 Å². The Labute approximate surface area is 178 Å². The summed E-state index contributed by atoms with van der Waals surface area (Å²) in [6.07, 6.45) is 1.39. The van der Waals surface area contributed by atoms with Crippen LogP contribution in [-0.2, 0) is 9.53 Å². The number of nitrogens with one attached hydrogen (secondary N) is 1. The zero-order valence-electron chi connectivity index (χ0n) is 16.1. The Hall–Kier alpha value is -3.58. The molecular formula is C22H19ClN2O5. The molecule has 1 heterocycles. The van der Waals surface area contributed by atoms with Gasteiger partial charge < -0.3 is 13.9 Å². The van der Waals surface area contributed by atoms with Crippen molar-refractivity contribution < 1.29 is 23.5 Å². The first-order valence-corrected chi connectivity index (χ1v) is 9.50. The fourth-order valence-corrected chi connectivity index (χ4v) is 2.57. The number of amides is 1. The third-order valence-corrected chi connectivity index (χ3v) is 4.12. The van der Waals surface area contributed by atoms with Crippen molar-refractivity contribution in [2.75, 3.05) is 13.2 Å². The minimum atomic E-state index is -0.414. The largest absolute Gasteiger partial charge is 0.484 e. The molecule has 8 heteroatoms. The van der Waals surface area contributed by atoms with Gasteiger partial charge in [-0.1, -0.05) is 23.7 Å². The van der Waals surface area contributed by atoms with Crippen molar-refractivity contribution in [3.63, 3.8) is 0 Å². The van der Waals surface area contributed by atoms with E-state index in [2.05, 4.69) is 10.5 Å². The van der Waals surface area contributed by atoms with E-state index >= 15 is 0 Å². The topological polar surface area (TPSA) is 90.1 Å². The van der Waals surface area contributed by atoms with Crippen LogP contribution in [0.3, 0.4) is 0 Å². The molecule has 0 atom stereocenters. The number of benzene rings is 2. The Balaban J connectivity index is 1.51. The van der Waals surface area contributed by atoms with Crippen molar-refractivity contribution in [1.82, 2.24) is 5.43 Å². The summed E-state index contributed by atoms with van der Waals surface area (Å²) in [5, 5.41) is 4.44. The van der Waals surface area contributed by atoms with Crippen LogP contribution in [0.4, 0.5) is 0 Å². The van der Waals surface area contributed by atoms with Gasteiger partial charge >= 0.3 is 5.97 Å². The molecule has 0 aliphatic carbocycles. The maximum absolute atomic E-state index is 11.8. The second-order valence-corrected chi connectivity index (χ2v) is 6.47. The summed E-state index contributed by atoms with van der Waals surface area (Å²) in [5.41, 5.74) is 3.63. The Kier molecular flexibility index (Phi) is 7.24. The number of nitrogens with zero attached hydrogens (tertiary/aromatic N) is 1. The van der Waals surface area contributed by atoms with Crippen molar-refractivity contribution in [2.24, 2.45) is 5.10 Å². The maximum atomic E-state index is 11.8. The predicted octanol–water partition coefficient (Wildman–Crippen LogP) is 4.31. The van der Waals surface area contributed by atoms with E-state index in [-0.39, 0.29) is 12.6 Å². The fraction of sp³-hybridized carbons (Fsp3) is 0.136. The summed E-state index contributed by atoms with van der Waals surface area (Å²) in [6.45, 7) is 1.90. The number of carbonyl (C=O) groups excluding carboxylic acids is 2. The molecule has 30 heavy (non-hydrogen) atoms. The maximum Gasteiger partial charge on any atom is 0.338 e. The molecule has 1 amide bonds. The first kappa shape index (κ1) is 21.1. The van der Waals surface area contributed by atoms with Crippen LogP contribution in [0, 0.1) is 0 Å². The zero-order chi connectivity index (χ0) is 21.3. The predicted molar refractivity (Wildman–Crippen MR) is 113 cm³/mol. The normalized spacial score (nSPS) is 10.7. The number of carbonyl (C=O) groups is 2. The van der Waals surface area contributed by atoms with Gasteiger partial charge in [-0.05, 0) is 55.5 Å². The van der Waals surface area contributed by atoms with Gasteiger partial charge in [-0.25, -0.2) is 10.2 Å². The lowest BCUT2D eigenvalue weighted by Gasteiger charge is -2.04. The van der Waals surface area contributed by atoms with E-state index in [1.165, 1.54) is 6.21 Å². The van der Waals surface area contributed by atoms with Gasteiger partial charge in [0.1, 0.15) is 17.3 Å². The molecule has 0 spiro atoms. The number of esters is 1. The van der Waals surface area contributed by atoms with Crippen LogP contribution in [0.2, 0.25) is 5.02 Å². The third kappa shape index (κ3) is 5.96. The summed E-state index contributed by atoms with van der Waals surface area (Å²) in [5.74, 6) is 0.806. The summed E-state index contributed by atoms with van der Waals surface area (Å²) in [4.78, 5) is 23.5. The van der Waals surface area contributed by atoms with Crippen molar-refractivity contribution in [3.05, 3.63) is 77.0 Å². The van der Waals surface area contributed by atoms with Gasteiger partial charge in [0.15, 0.2) is 6.61 Å². The van der Waals surface area contributed by atoms with Crippen LogP contribution in [0.1, 0.15) is 23.0 Å². The highest BCUT2D eigenvalue weighted by Gasteiger charge is 2.08. The minimum absolute atomic E-state index is 0.185. The molecule has 0 fully saturated rings. The summed E-state index contributed by atoms with van der Waals surface area (Å²) < 4.78 is 16.0. The average Bonchev–Trinajstić information content (AvgIpc) is 3.22. The second-order valence-electron chi connectivity index (χ2n) is 6.04. The SMILES string of the molecule is CCOC(=O)c1ccc(-c2ccc(/C=N/NC(=O)COc3ccc(Cl)cc3)o2)cc1. The van der Waals surface area contributed by atoms with E-state index in [9.17, 15) is 9.59 Å². The molecule has 2 aromatic carbocycles. The number of hydrogen-bond acceptors (Lipinski definition) is 6. The van der Waals surface area contributed by atoms with Crippen LogP contribution in [0.25, 0.3) is 11.3 Å². The monoisotopic (exact) mass is 426 g/mol. The van der Waals surface area contributed by atoms with Crippen LogP contribution < -0.4 is 10.2 Å². The van der Waals surface area contributed by atoms with Gasteiger partial charge in [0.25, 0.3) is 5.91 Å². The molecule has 0 aliphatic heterocycles. The Morgan fingerprint density at radius 2 is 1.80 bits per heavy atom. The van der Waals surface area contributed by atoms with Gasteiger partial charge in [0.05, 0.1) is 18.4 Å². The van der Waals surface area contributed by atoms with Crippen molar-refractivity contribution in [2.45, 2.75) is 6.92 Å². The molecule has 0 bridgehead atoms. The van der Waals surface area contributed by atoms with Gasteiger partial charge in [0, 0.05) is 10.6 Å². The van der Waals surface area contributed by atoms with E-state index in [0.29, 0.717) is 34.5 Å². The molecule has 154 valence electrons. The quantitative estimate of drug-likeness (QED) is 0.329. The second kappa shape index (κ2) is 10.3. The number of halogens is 1. The lowest BCUT2D eigenvalue weighted by molar-refractivity contribution is -0.123. The highest BCUT2D eigenvalue weighted by atomic mass is 35.5. The average molecular weight is 427 g/mol. The lowest BCUT2D eigenvalue weighted by atomic mass is 10.1. The Morgan fingerprint density at radius 1 is 1.07 bits per heavy atom. The summed E-state index contributed by atoms with van der Waals surface area (Å²) >= 11 is 5.79. The lowest BCUT2D eigenvalue weighted by Crippen LogP contribution is -2.24. The number of ether oxygens (including phenoxy) is 2. The van der Waals surface area contributed by atoms with E-state index in [1.54, 1.807) is 67.6 Å². The van der Waals surface area contributed by atoms with Crippen LogP contribution in [0.15, 0.2) is 70.2 Å². The molecule has 7 nitrogen and oxygen atoms in total. The highest BCUT2D eigenvalue weighted by Crippen LogP contribution is 2.22. The van der Waals surface area contributed by atoms with Gasteiger partial charge in [-0.3, -0.25) is 4.79 Å². The van der Waals surface area contributed by atoms with Gasteiger partial charge in [-0.2, -0.15) is 5.10 Å². The molecule has 1 aromatic heterocycles. The molecule has 3 aromatic rings. The zero-order valence-corrected chi connectivity index (χ0v) is 16.9. The summed E-state index contributed by atoms with van der Waals surface area (Å²) in [7, 11) is 0. The third-order valence-electron chi connectivity index (χ3n) is 3.87. The number of hydrazone groups is 1. The Morgan fingerprint density at radius 3 is 2.50 bits per heavy atom. The van der Waals surface area contributed by atoms with Gasteiger partial charge in [-0.15, -0.1) is 0 Å². The Bertz CT molecular complexity index is 1030. The van der Waals surface area contributed by atoms with E-state index in [4.69, 9.17) is 25.5 Å². The van der Waals surface area contributed by atoms with Crippen LogP contribution in [-0.4, -0.2) is 31.3 Å².